The van der Waals surface area contributed by atoms with Gasteiger partial charge in [0.25, 0.3) is 0 Å². The van der Waals surface area contributed by atoms with Gasteiger partial charge >= 0.3 is 5.97 Å². The molecule has 0 amide bonds. The van der Waals surface area contributed by atoms with Crippen LogP contribution in [0.5, 0.6) is 0 Å². The Kier molecular flexibility index (Phi) is 4.71. The third kappa shape index (κ3) is 4.27. The molecule has 7 nitrogen and oxygen atoms in total. The van der Waals surface area contributed by atoms with E-state index in [0.29, 0.717) is 31.9 Å². The van der Waals surface area contributed by atoms with Gasteiger partial charge in [0, 0.05) is 13.1 Å². The second-order valence-electron chi connectivity index (χ2n) is 4.46. The third-order valence-corrected chi connectivity index (χ3v) is 4.06. The second kappa shape index (κ2) is 6.31. The van der Waals surface area contributed by atoms with Crippen LogP contribution < -0.4 is 4.83 Å². The van der Waals surface area contributed by atoms with Crippen LogP contribution in [0, 0.1) is 0 Å². The molecule has 1 fully saturated rings. The predicted molar refractivity (Wildman–Crippen MR) is 71.6 cm³/mol. The van der Waals surface area contributed by atoms with E-state index in [1.807, 2.05) is 0 Å². The van der Waals surface area contributed by atoms with Gasteiger partial charge in [0.05, 0.1) is 24.5 Å². The van der Waals surface area contributed by atoms with E-state index in [4.69, 9.17) is 9.84 Å². The van der Waals surface area contributed by atoms with Gasteiger partial charge in [0.2, 0.25) is 10.0 Å². The molecule has 0 aliphatic carbocycles. The minimum absolute atomic E-state index is 0.0732. The Morgan fingerprint density at radius 3 is 2.70 bits per heavy atom. The van der Waals surface area contributed by atoms with E-state index in [1.165, 1.54) is 18.2 Å². The van der Waals surface area contributed by atoms with Crippen LogP contribution in [0.15, 0.2) is 24.3 Å². The van der Waals surface area contributed by atoms with E-state index in [0.717, 1.165) is 0 Å². The Labute approximate surface area is 117 Å². The summed E-state index contributed by atoms with van der Waals surface area (Å²) in [5.41, 5.74) is 0.509. The van der Waals surface area contributed by atoms with Crippen LogP contribution in [0.1, 0.15) is 15.9 Å². The minimum atomic E-state index is -3.55. The van der Waals surface area contributed by atoms with Crippen molar-refractivity contribution in [2.24, 2.45) is 0 Å². The van der Waals surface area contributed by atoms with Gasteiger partial charge in [-0.15, -0.1) is 4.83 Å². The lowest BCUT2D eigenvalue weighted by atomic mass is 10.1. The standard InChI is InChI=1S/C12H16N2O5S/c15-12(16)11-3-1-2-10(8-11)9-20(17,18)13-14-4-6-19-7-5-14/h1-3,8,13H,4-7,9H2,(H,15,16). The number of carboxylic acid groups (broad SMARTS) is 1. The molecule has 2 N–H and O–H groups in total. The number of nitrogens with zero attached hydrogens (tertiary/aromatic N) is 1. The lowest BCUT2D eigenvalue weighted by molar-refractivity contribution is 0.0272. The first kappa shape index (κ1) is 14.9. The lowest BCUT2D eigenvalue weighted by Gasteiger charge is -2.26. The summed E-state index contributed by atoms with van der Waals surface area (Å²) in [7, 11) is -3.55. The highest BCUT2D eigenvalue weighted by Crippen LogP contribution is 2.09. The normalized spacial score (nSPS) is 17.0. The van der Waals surface area contributed by atoms with Gasteiger partial charge in [-0.1, -0.05) is 12.1 Å². The van der Waals surface area contributed by atoms with Crippen molar-refractivity contribution in [3.8, 4) is 0 Å². The summed E-state index contributed by atoms with van der Waals surface area (Å²) in [6.45, 7) is 1.96. The molecule has 1 saturated heterocycles. The highest BCUT2D eigenvalue weighted by molar-refractivity contribution is 7.88. The average Bonchev–Trinajstić information content (AvgIpc) is 2.39. The zero-order valence-electron chi connectivity index (χ0n) is 10.8. The van der Waals surface area contributed by atoms with Crippen molar-refractivity contribution in [2.75, 3.05) is 26.3 Å². The van der Waals surface area contributed by atoms with Crippen LogP contribution >= 0.6 is 0 Å². The SMILES string of the molecule is O=C(O)c1cccc(CS(=O)(=O)NN2CCOCC2)c1. The van der Waals surface area contributed by atoms with E-state index in [-0.39, 0.29) is 11.3 Å². The maximum Gasteiger partial charge on any atom is 0.335 e. The number of benzene rings is 1. The quantitative estimate of drug-likeness (QED) is 0.798. The van der Waals surface area contributed by atoms with Crippen LogP contribution in [-0.2, 0) is 20.5 Å². The molecule has 0 unspecified atom stereocenters. The van der Waals surface area contributed by atoms with Gasteiger partial charge in [-0.25, -0.2) is 18.2 Å². The van der Waals surface area contributed by atoms with Gasteiger partial charge < -0.3 is 9.84 Å². The van der Waals surface area contributed by atoms with Crippen LogP contribution in [0.25, 0.3) is 0 Å². The summed E-state index contributed by atoms with van der Waals surface area (Å²) in [4.78, 5) is 13.3. The average molecular weight is 300 g/mol. The van der Waals surface area contributed by atoms with Crippen molar-refractivity contribution in [1.29, 1.82) is 0 Å². The van der Waals surface area contributed by atoms with Gasteiger partial charge in [0.15, 0.2) is 0 Å². The number of hydrogen-bond donors (Lipinski definition) is 2. The molecule has 0 bridgehead atoms. The highest BCUT2D eigenvalue weighted by Gasteiger charge is 2.19. The fourth-order valence-corrected chi connectivity index (χ4v) is 3.16. The molecule has 1 aliphatic heterocycles. The van der Waals surface area contributed by atoms with Crippen molar-refractivity contribution in [1.82, 2.24) is 9.84 Å². The Morgan fingerprint density at radius 1 is 1.35 bits per heavy atom. The molecule has 0 spiro atoms. The summed E-state index contributed by atoms with van der Waals surface area (Å²) in [5, 5.41) is 10.5. The molecule has 0 atom stereocenters. The number of hydrazine groups is 1. The van der Waals surface area contributed by atoms with Crippen molar-refractivity contribution < 1.29 is 23.1 Å². The van der Waals surface area contributed by atoms with Crippen LogP contribution in [-0.4, -0.2) is 50.8 Å². The lowest BCUT2D eigenvalue weighted by Crippen LogP contribution is -2.48. The fraction of sp³-hybridized carbons (Fsp3) is 0.417. The molecule has 1 aliphatic rings. The second-order valence-corrected chi connectivity index (χ2v) is 6.16. The summed E-state index contributed by atoms with van der Waals surface area (Å²) < 4.78 is 29.1. The summed E-state index contributed by atoms with van der Waals surface area (Å²) in [6.07, 6.45) is 0. The minimum Gasteiger partial charge on any atom is -0.478 e. The Bertz CT molecular complexity index is 581. The van der Waals surface area contributed by atoms with Crippen molar-refractivity contribution in [3.63, 3.8) is 0 Å². The third-order valence-electron chi connectivity index (χ3n) is 2.81. The monoisotopic (exact) mass is 300 g/mol. The first-order chi connectivity index (χ1) is 9.46. The van der Waals surface area contributed by atoms with Crippen LogP contribution in [0.3, 0.4) is 0 Å². The molecule has 2 rings (SSSR count). The smallest absolute Gasteiger partial charge is 0.335 e. The predicted octanol–water partition coefficient (Wildman–Crippen LogP) is 0.0514. The van der Waals surface area contributed by atoms with E-state index in [1.54, 1.807) is 11.1 Å². The fourth-order valence-electron chi connectivity index (χ4n) is 1.90. The summed E-state index contributed by atoms with van der Waals surface area (Å²) >= 11 is 0. The number of ether oxygens (including phenoxy) is 1. The number of rotatable bonds is 5. The van der Waals surface area contributed by atoms with E-state index in [9.17, 15) is 13.2 Å². The molecule has 0 radical (unpaired) electrons. The number of morpholine rings is 1. The molecule has 20 heavy (non-hydrogen) atoms. The number of hydrogen-bond acceptors (Lipinski definition) is 5. The Hall–Kier alpha value is -1.48. The van der Waals surface area contributed by atoms with Crippen LogP contribution in [0.2, 0.25) is 0 Å². The van der Waals surface area contributed by atoms with Crippen molar-refractivity contribution >= 4 is 16.0 Å². The number of nitrogens with one attached hydrogen (secondary N) is 1. The van der Waals surface area contributed by atoms with E-state index < -0.39 is 16.0 Å². The maximum absolute atomic E-state index is 12.0. The van der Waals surface area contributed by atoms with Gasteiger partial charge in [-0.05, 0) is 17.7 Å². The van der Waals surface area contributed by atoms with Gasteiger partial charge in [0.1, 0.15) is 0 Å². The molecule has 1 aromatic rings. The summed E-state index contributed by atoms with van der Waals surface area (Å²) in [5.74, 6) is -1.34. The Balaban J connectivity index is 2.03. The number of carbonyl (C=O) groups is 1. The molecule has 110 valence electrons. The van der Waals surface area contributed by atoms with Gasteiger partial charge in [-0.2, -0.15) is 0 Å². The first-order valence-electron chi connectivity index (χ1n) is 6.11. The topological polar surface area (TPSA) is 95.9 Å². The molecule has 1 aromatic carbocycles. The van der Waals surface area contributed by atoms with Crippen molar-refractivity contribution in [2.45, 2.75) is 5.75 Å². The first-order valence-corrected chi connectivity index (χ1v) is 7.76. The van der Waals surface area contributed by atoms with Crippen molar-refractivity contribution in [3.05, 3.63) is 35.4 Å². The maximum atomic E-state index is 12.0. The van der Waals surface area contributed by atoms with Gasteiger partial charge in [-0.3, -0.25) is 0 Å². The van der Waals surface area contributed by atoms with E-state index in [2.05, 4.69) is 4.83 Å². The molecular formula is C12H16N2O5S. The molecule has 1 heterocycles. The number of sulfonamides is 1. The number of aromatic carboxylic acids is 1. The molecule has 0 saturated carbocycles. The molecule has 0 aromatic heterocycles. The molecule has 8 heteroatoms. The van der Waals surface area contributed by atoms with Crippen LogP contribution in [0.4, 0.5) is 0 Å². The van der Waals surface area contributed by atoms with E-state index >= 15 is 0 Å². The number of carboxylic acids is 1. The Morgan fingerprint density at radius 2 is 2.05 bits per heavy atom. The largest absolute Gasteiger partial charge is 0.478 e. The summed E-state index contributed by atoms with van der Waals surface area (Å²) in [6, 6.07) is 5.91. The zero-order chi connectivity index (χ0) is 14.6. The highest BCUT2D eigenvalue weighted by atomic mass is 32.2. The zero-order valence-corrected chi connectivity index (χ0v) is 11.6. The molecular weight excluding hydrogens is 284 g/mol.